The van der Waals surface area contributed by atoms with Gasteiger partial charge in [0.05, 0.1) is 0 Å². The highest BCUT2D eigenvalue weighted by Crippen LogP contribution is 2.16. The zero-order valence-corrected chi connectivity index (χ0v) is 11.2. The van der Waals surface area contributed by atoms with Crippen molar-refractivity contribution in [2.24, 2.45) is 0 Å². The van der Waals surface area contributed by atoms with E-state index in [9.17, 15) is 4.79 Å². The van der Waals surface area contributed by atoms with Crippen LogP contribution in [0.1, 0.15) is 22.3 Å². The van der Waals surface area contributed by atoms with Crippen LogP contribution in [0.15, 0.2) is 29.8 Å². The fourth-order valence-electron chi connectivity index (χ4n) is 1.91. The van der Waals surface area contributed by atoms with Gasteiger partial charge < -0.3 is 10.6 Å². The van der Waals surface area contributed by atoms with Crippen molar-refractivity contribution >= 4 is 17.5 Å². The Kier molecular flexibility index (Phi) is 4.39. The number of carbonyl (C=O) groups excluding carboxylic acids is 1. The topological polar surface area (TPSA) is 41.1 Å². The van der Waals surface area contributed by atoms with Gasteiger partial charge in [0.1, 0.15) is 0 Å². The summed E-state index contributed by atoms with van der Waals surface area (Å²) in [5.41, 5.74) is 2.87. The third-order valence-electron chi connectivity index (χ3n) is 3.05. The number of hydrogen-bond donors (Lipinski definition) is 2. The molecule has 0 saturated carbocycles. The summed E-state index contributed by atoms with van der Waals surface area (Å²) >= 11 is 5.94. The van der Waals surface area contributed by atoms with E-state index in [1.165, 1.54) is 5.57 Å². The average molecular weight is 265 g/mol. The second-order valence-electron chi connectivity index (χ2n) is 4.46. The van der Waals surface area contributed by atoms with Crippen LogP contribution in [0.25, 0.3) is 0 Å². The summed E-state index contributed by atoms with van der Waals surface area (Å²) in [4.78, 5) is 12.0. The van der Waals surface area contributed by atoms with Gasteiger partial charge in [0, 0.05) is 23.7 Å². The Balaban J connectivity index is 1.95. The molecule has 2 N–H and O–H groups in total. The third-order valence-corrected chi connectivity index (χ3v) is 3.48. The number of amides is 1. The highest BCUT2D eigenvalue weighted by Gasteiger charge is 2.08. The number of carbonyl (C=O) groups is 1. The van der Waals surface area contributed by atoms with Crippen LogP contribution in [0.4, 0.5) is 0 Å². The van der Waals surface area contributed by atoms with Crippen LogP contribution in [0, 0.1) is 6.92 Å². The molecule has 0 bridgehead atoms. The van der Waals surface area contributed by atoms with Gasteiger partial charge >= 0.3 is 0 Å². The predicted molar refractivity (Wildman–Crippen MR) is 74.1 cm³/mol. The van der Waals surface area contributed by atoms with Crippen LogP contribution in [0.2, 0.25) is 5.02 Å². The molecule has 0 unspecified atom stereocenters. The van der Waals surface area contributed by atoms with Crippen LogP contribution in [0.3, 0.4) is 0 Å². The molecule has 3 nitrogen and oxygen atoms in total. The summed E-state index contributed by atoms with van der Waals surface area (Å²) in [5, 5.41) is 6.87. The minimum absolute atomic E-state index is 0.0470. The Hall–Kier alpha value is -1.32. The fourth-order valence-corrected chi connectivity index (χ4v) is 2.03. The molecule has 18 heavy (non-hydrogen) atoms. The van der Waals surface area contributed by atoms with E-state index < -0.39 is 0 Å². The molecule has 0 aliphatic carbocycles. The van der Waals surface area contributed by atoms with E-state index in [1.807, 2.05) is 13.0 Å². The second-order valence-corrected chi connectivity index (χ2v) is 4.87. The molecule has 1 amide bonds. The van der Waals surface area contributed by atoms with Gasteiger partial charge in [-0.3, -0.25) is 4.79 Å². The van der Waals surface area contributed by atoms with Crippen molar-refractivity contribution in [3.05, 3.63) is 46.0 Å². The highest BCUT2D eigenvalue weighted by molar-refractivity contribution is 6.31. The van der Waals surface area contributed by atoms with Crippen LogP contribution in [0.5, 0.6) is 0 Å². The van der Waals surface area contributed by atoms with Crippen molar-refractivity contribution < 1.29 is 4.79 Å². The van der Waals surface area contributed by atoms with Crippen molar-refractivity contribution in [2.45, 2.75) is 13.3 Å². The lowest BCUT2D eigenvalue weighted by molar-refractivity contribution is 0.0956. The molecule has 96 valence electrons. The van der Waals surface area contributed by atoms with Gasteiger partial charge in [0.15, 0.2) is 0 Å². The molecule has 0 fully saturated rings. The number of rotatable bonds is 3. The predicted octanol–water partition coefficient (Wildman–Crippen LogP) is 2.30. The summed E-state index contributed by atoms with van der Waals surface area (Å²) in [6, 6.07) is 5.32. The minimum atomic E-state index is -0.0470. The van der Waals surface area contributed by atoms with E-state index in [1.54, 1.807) is 12.1 Å². The summed E-state index contributed by atoms with van der Waals surface area (Å²) in [6.07, 6.45) is 3.14. The van der Waals surface area contributed by atoms with E-state index >= 15 is 0 Å². The lowest BCUT2D eigenvalue weighted by Crippen LogP contribution is -2.29. The van der Waals surface area contributed by atoms with Gasteiger partial charge in [-0.05, 0) is 43.7 Å². The van der Waals surface area contributed by atoms with Gasteiger partial charge in [0.25, 0.3) is 5.91 Å². The first kappa shape index (κ1) is 13.1. The monoisotopic (exact) mass is 264 g/mol. The fraction of sp³-hybridized carbons (Fsp3) is 0.357. The Morgan fingerprint density at radius 2 is 2.33 bits per heavy atom. The number of hydrogen-bond acceptors (Lipinski definition) is 2. The largest absolute Gasteiger partial charge is 0.348 e. The Morgan fingerprint density at radius 1 is 1.50 bits per heavy atom. The molecule has 0 atom stereocenters. The first-order valence-electron chi connectivity index (χ1n) is 6.10. The normalized spacial score (nSPS) is 15.1. The molecule has 1 aromatic carbocycles. The average Bonchev–Trinajstić information content (AvgIpc) is 2.40. The first-order chi connectivity index (χ1) is 8.66. The lowest BCUT2D eigenvalue weighted by Gasteiger charge is -2.14. The van der Waals surface area contributed by atoms with Gasteiger partial charge in [0.2, 0.25) is 0 Å². The zero-order chi connectivity index (χ0) is 13.0. The molecule has 1 aliphatic rings. The van der Waals surface area contributed by atoms with E-state index in [-0.39, 0.29) is 5.91 Å². The van der Waals surface area contributed by atoms with Crippen LogP contribution in [-0.2, 0) is 0 Å². The molecule has 1 aliphatic heterocycles. The maximum absolute atomic E-state index is 12.0. The number of halogens is 1. The Bertz CT molecular complexity index is 483. The van der Waals surface area contributed by atoms with Crippen molar-refractivity contribution in [2.75, 3.05) is 19.6 Å². The number of aryl methyl sites for hydroxylation is 1. The lowest BCUT2D eigenvalue weighted by atomic mass is 10.1. The van der Waals surface area contributed by atoms with Gasteiger partial charge in [-0.25, -0.2) is 0 Å². The standard InChI is InChI=1S/C14H17ClN2O/c1-10-8-12(2-3-13(10)15)14(18)17-9-11-4-6-16-7-5-11/h2-4,8,16H,5-7,9H2,1H3,(H,17,18). The van der Waals surface area contributed by atoms with E-state index in [2.05, 4.69) is 16.7 Å². The molecular weight excluding hydrogens is 248 g/mol. The van der Waals surface area contributed by atoms with Crippen molar-refractivity contribution in [1.82, 2.24) is 10.6 Å². The van der Waals surface area contributed by atoms with Gasteiger partial charge in [-0.2, -0.15) is 0 Å². The van der Waals surface area contributed by atoms with E-state index in [0.29, 0.717) is 17.1 Å². The summed E-state index contributed by atoms with van der Waals surface area (Å²) in [5.74, 6) is -0.0470. The zero-order valence-electron chi connectivity index (χ0n) is 10.4. The van der Waals surface area contributed by atoms with Gasteiger partial charge in [-0.15, -0.1) is 0 Å². The van der Waals surface area contributed by atoms with E-state index in [0.717, 1.165) is 25.1 Å². The molecule has 0 spiro atoms. The number of nitrogens with one attached hydrogen (secondary N) is 2. The summed E-state index contributed by atoms with van der Waals surface area (Å²) < 4.78 is 0. The molecule has 0 aromatic heterocycles. The van der Waals surface area contributed by atoms with Crippen molar-refractivity contribution in [3.8, 4) is 0 Å². The van der Waals surface area contributed by atoms with Crippen molar-refractivity contribution in [3.63, 3.8) is 0 Å². The summed E-state index contributed by atoms with van der Waals surface area (Å²) in [7, 11) is 0. The highest BCUT2D eigenvalue weighted by atomic mass is 35.5. The molecule has 1 aromatic rings. The molecule has 4 heteroatoms. The minimum Gasteiger partial charge on any atom is -0.348 e. The molecule has 1 heterocycles. The maximum atomic E-state index is 12.0. The van der Waals surface area contributed by atoms with Gasteiger partial charge in [-0.1, -0.05) is 23.3 Å². The third kappa shape index (κ3) is 3.34. The summed E-state index contributed by atoms with van der Waals surface area (Å²) in [6.45, 7) is 4.41. The molecule has 2 rings (SSSR count). The maximum Gasteiger partial charge on any atom is 0.251 e. The Morgan fingerprint density at radius 3 is 3.00 bits per heavy atom. The Labute approximate surface area is 112 Å². The quantitative estimate of drug-likeness (QED) is 0.823. The van der Waals surface area contributed by atoms with E-state index in [4.69, 9.17) is 11.6 Å². The second kappa shape index (κ2) is 6.03. The molecular formula is C14H17ClN2O. The van der Waals surface area contributed by atoms with Crippen LogP contribution in [-0.4, -0.2) is 25.5 Å². The first-order valence-corrected chi connectivity index (χ1v) is 6.47. The van der Waals surface area contributed by atoms with Crippen LogP contribution >= 0.6 is 11.6 Å². The van der Waals surface area contributed by atoms with Crippen LogP contribution < -0.4 is 10.6 Å². The molecule has 0 radical (unpaired) electrons. The number of benzene rings is 1. The smallest absolute Gasteiger partial charge is 0.251 e. The molecule has 0 saturated heterocycles. The SMILES string of the molecule is Cc1cc(C(=O)NCC2=CCNCC2)ccc1Cl. The van der Waals surface area contributed by atoms with Crippen molar-refractivity contribution in [1.29, 1.82) is 0 Å².